The lowest BCUT2D eigenvalue weighted by molar-refractivity contribution is -0.138. The summed E-state index contributed by atoms with van der Waals surface area (Å²) in [4.78, 5) is 3.62. The Bertz CT molecular complexity index is 308. The Morgan fingerprint density at radius 3 is 2.20 bits per heavy atom. The number of nitrogen functional groups attached to an aromatic ring is 1. The summed E-state index contributed by atoms with van der Waals surface area (Å²) in [5, 5.41) is 0. The molecule has 0 fully saturated rings. The van der Waals surface area contributed by atoms with Crippen molar-refractivity contribution in [3.05, 3.63) is 23.4 Å². The third-order valence-electron chi connectivity index (χ3n) is 1.64. The maximum atomic E-state index is 12.3. The van der Waals surface area contributed by atoms with E-state index in [1.165, 1.54) is 0 Å². The van der Waals surface area contributed by atoms with Crippen LogP contribution in [0.5, 0.6) is 0 Å². The molecule has 0 unspecified atom stereocenters. The molecule has 0 spiro atoms. The fourth-order valence-electron chi connectivity index (χ4n) is 1.05. The van der Waals surface area contributed by atoms with Crippen LogP contribution in [0.1, 0.15) is 32.0 Å². The Hall–Kier alpha value is -1.26. The number of nitrogens with two attached hydrogens (primary N) is 1. The second-order valence-electron chi connectivity index (χ2n) is 2.58. The Labute approximate surface area is 87.3 Å². The van der Waals surface area contributed by atoms with E-state index in [4.69, 9.17) is 5.73 Å². The zero-order valence-electron chi connectivity index (χ0n) is 9.02. The van der Waals surface area contributed by atoms with Crippen LogP contribution in [-0.2, 0) is 12.6 Å². The fraction of sp³-hybridized carbons (Fsp3) is 0.500. The van der Waals surface area contributed by atoms with Crippen molar-refractivity contribution in [3.63, 3.8) is 0 Å². The Kier molecular flexibility index (Phi) is 5.11. The molecule has 0 aliphatic heterocycles. The van der Waals surface area contributed by atoms with E-state index in [1.807, 2.05) is 13.8 Å². The molecule has 0 saturated heterocycles. The number of alkyl halides is 3. The predicted octanol–water partition coefficient (Wildman–Crippen LogP) is 3.27. The molecular weight excluding hydrogens is 205 g/mol. The molecule has 0 atom stereocenters. The number of aromatic nitrogens is 1. The van der Waals surface area contributed by atoms with E-state index in [-0.39, 0.29) is 17.9 Å². The molecule has 0 bridgehead atoms. The van der Waals surface area contributed by atoms with Crippen molar-refractivity contribution in [1.29, 1.82) is 0 Å². The summed E-state index contributed by atoms with van der Waals surface area (Å²) in [6.45, 7) is 5.61. The molecule has 86 valence electrons. The lowest BCUT2D eigenvalue weighted by Gasteiger charge is -2.10. The molecule has 1 rings (SSSR count). The van der Waals surface area contributed by atoms with Crippen molar-refractivity contribution >= 4 is 5.82 Å². The minimum absolute atomic E-state index is 0.00694. The van der Waals surface area contributed by atoms with Gasteiger partial charge in [-0.2, -0.15) is 13.2 Å². The highest BCUT2D eigenvalue weighted by Crippen LogP contribution is 2.31. The maximum absolute atomic E-state index is 12.3. The molecule has 0 aliphatic rings. The standard InChI is InChI=1S/C8H9F3N2.C2H6/c1-2-6-5(8(9,10)11)3-4-7(12)13-6;1-2/h3-4H,2H2,1H3,(H2,12,13);1-2H3. The first-order chi connectivity index (χ1) is 6.95. The first kappa shape index (κ1) is 13.7. The van der Waals surface area contributed by atoms with Crippen LogP contribution in [0.15, 0.2) is 12.1 Å². The quantitative estimate of drug-likeness (QED) is 0.788. The maximum Gasteiger partial charge on any atom is 0.418 e. The molecule has 0 aliphatic carbocycles. The zero-order valence-corrected chi connectivity index (χ0v) is 9.02. The molecule has 2 N–H and O–H groups in total. The largest absolute Gasteiger partial charge is 0.418 e. The van der Waals surface area contributed by atoms with Gasteiger partial charge in [0.15, 0.2) is 0 Å². The van der Waals surface area contributed by atoms with E-state index in [0.717, 1.165) is 12.1 Å². The van der Waals surface area contributed by atoms with Crippen LogP contribution in [-0.4, -0.2) is 4.98 Å². The Morgan fingerprint density at radius 1 is 1.27 bits per heavy atom. The van der Waals surface area contributed by atoms with Crippen LogP contribution >= 0.6 is 0 Å². The van der Waals surface area contributed by atoms with Crippen LogP contribution in [0.4, 0.5) is 19.0 Å². The van der Waals surface area contributed by atoms with Gasteiger partial charge in [-0.05, 0) is 18.6 Å². The number of hydrogen-bond acceptors (Lipinski definition) is 2. The van der Waals surface area contributed by atoms with E-state index in [9.17, 15) is 13.2 Å². The van der Waals surface area contributed by atoms with Crippen molar-refractivity contribution < 1.29 is 13.2 Å². The van der Waals surface area contributed by atoms with E-state index < -0.39 is 11.7 Å². The van der Waals surface area contributed by atoms with Gasteiger partial charge in [0.2, 0.25) is 0 Å². The molecule has 0 amide bonds. The smallest absolute Gasteiger partial charge is 0.384 e. The summed E-state index contributed by atoms with van der Waals surface area (Å²) in [6.07, 6.45) is -4.12. The highest BCUT2D eigenvalue weighted by atomic mass is 19.4. The lowest BCUT2D eigenvalue weighted by atomic mass is 10.1. The molecule has 0 aromatic carbocycles. The summed E-state index contributed by atoms with van der Waals surface area (Å²) in [5.74, 6) is 0.116. The van der Waals surface area contributed by atoms with Gasteiger partial charge in [-0.1, -0.05) is 20.8 Å². The average molecular weight is 220 g/mol. The minimum atomic E-state index is -4.34. The van der Waals surface area contributed by atoms with Crippen molar-refractivity contribution in [3.8, 4) is 0 Å². The summed E-state index contributed by atoms with van der Waals surface area (Å²) in [7, 11) is 0. The highest BCUT2D eigenvalue weighted by molar-refractivity contribution is 5.35. The summed E-state index contributed by atoms with van der Waals surface area (Å²) < 4.78 is 36.9. The van der Waals surface area contributed by atoms with Crippen molar-refractivity contribution in [1.82, 2.24) is 4.98 Å². The van der Waals surface area contributed by atoms with Gasteiger partial charge in [0.25, 0.3) is 0 Å². The average Bonchev–Trinajstić information content (AvgIpc) is 2.18. The molecule has 5 heteroatoms. The molecule has 1 aromatic heterocycles. The van der Waals surface area contributed by atoms with Crippen LogP contribution in [0.25, 0.3) is 0 Å². The lowest BCUT2D eigenvalue weighted by Crippen LogP contribution is -2.11. The Balaban J connectivity index is 0.000000921. The first-order valence-corrected chi connectivity index (χ1v) is 4.77. The first-order valence-electron chi connectivity index (χ1n) is 4.77. The van der Waals surface area contributed by atoms with Crippen LogP contribution in [0, 0.1) is 0 Å². The zero-order chi connectivity index (χ0) is 12.1. The van der Waals surface area contributed by atoms with Crippen molar-refractivity contribution in [2.24, 2.45) is 0 Å². The SMILES string of the molecule is CC.CCc1nc(N)ccc1C(F)(F)F. The third kappa shape index (κ3) is 3.77. The van der Waals surface area contributed by atoms with Gasteiger partial charge in [-0.15, -0.1) is 0 Å². The van der Waals surface area contributed by atoms with Crippen molar-refractivity contribution in [2.45, 2.75) is 33.4 Å². The fourth-order valence-corrected chi connectivity index (χ4v) is 1.05. The molecule has 1 heterocycles. The van der Waals surface area contributed by atoms with Crippen LogP contribution in [0.2, 0.25) is 0 Å². The van der Waals surface area contributed by atoms with E-state index >= 15 is 0 Å². The normalized spacial score (nSPS) is 10.5. The molecule has 1 aromatic rings. The number of aryl methyl sites for hydroxylation is 1. The summed E-state index contributed by atoms with van der Waals surface area (Å²) in [6, 6.07) is 2.11. The van der Waals surface area contributed by atoms with Gasteiger partial charge in [-0.25, -0.2) is 4.98 Å². The molecule has 0 radical (unpaired) electrons. The van der Waals surface area contributed by atoms with Gasteiger partial charge < -0.3 is 5.73 Å². The summed E-state index contributed by atoms with van der Waals surface area (Å²) >= 11 is 0. The van der Waals surface area contributed by atoms with Crippen LogP contribution in [0.3, 0.4) is 0 Å². The predicted molar refractivity (Wildman–Crippen MR) is 54.4 cm³/mol. The number of nitrogens with zero attached hydrogens (tertiary/aromatic N) is 1. The second kappa shape index (κ2) is 5.58. The van der Waals surface area contributed by atoms with E-state index in [2.05, 4.69) is 4.98 Å². The van der Waals surface area contributed by atoms with E-state index in [1.54, 1.807) is 6.92 Å². The van der Waals surface area contributed by atoms with Gasteiger partial charge in [0, 0.05) is 0 Å². The van der Waals surface area contributed by atoms with Gasteiger partial charge >= 0.3 is 6.18 Å². The van der Waals surface area contributed by atoms with E-state index in [0.29, 0.717) is 0 Å². The van der Waals surface area contributed by atoms with Gasteiger partial charge in [0.05, 0.1) is 11.3 Å². The molecule has 15 heavy (non-hydrogen) atoms. The number of rotatable bonds is 1. The van der Waals surface area contributed by atoms with Crippen molar-refractivity contribution in [2.75, 3.05) is 5.73 Å². The molecule has 2 nitrogen and oxygen atoms in total. The highest BCUT2D eigenvalue weighted by Gasteiger charge is 2.33. The molecular formula is C10H15F3N2. The number of hydrogen-bond donors (Lipinski definition) is 1. The summed E-state index contributed by atoms with van der Waals surface area (Å²) in [5.41, 5.74) is 4.56. The minimum Gasteiger partial charge on any atom is -0.384 e. The van der Waals surface area contributed by atoms with Gasteiger partial charge in [0.1, 0.15) is 5.82 Å². The number of anilines is 1. The number of halogens is 3. The topological polar surface area (TPSA) is 38.9 Å². The third-order valence-corrected chi connectivity index (χ3v) is 1.64. The van der Waals surface area contributed by atoms with Gasteiger partial charge in [-0.3, -0.25) is 0 Å². The number of pyridine rings is 1. The monoisotopic (exact) mass is 220 g/mol. The second-order valence-corrected chi connectivity index (χ2v) is 2.58. The molecule has 0 saturated carbocycles. The van der Waals surface area contributed by atoms with Crippen LogP contribution < -0.4 is 5.73 Å². The Morgan fingerprint density at radius 2 is 1.80 bits per heavy atom.